The van der Waals surface area contributed by atoms with Crippen molar-refractivity contribution >= 4 is 17.5 Å². The SMILES string of the molecule is CCN1C(=O)CNc2ncc(-c3ccc(-c4ncn(C5CCCO5)n4)nc3C)nc21. The molecule has 0 saturated carbocycles. The molecule has 1 unspecified atom stereocenters. The van der Waals surface area contributed by atoms with Crippen molar-refractivity contribution in [2.45, 2.75) is 32.9 Å². The molecule has 1 N–H and O–H groups in total. The van der Waals surface area contributed by atoms with Crippen LogP contribution in [0.5, 0.6) is 0 Å². The van der Waals surface area contributed by atoms with Gasteiger partial charge in [-0.15, -0.1) is 5.10 Å². The number of fused-ring (bicyclic) bond motifs is 1. The average molecular weight is 406 g/mol. The molecular weight excluding hydrogens is 384 g/mol. The molecule has 10 nitrogen and oxygen atoms in total. The summed E-state index contributed by atoms with van der Waals surface area (Å²) in [6.07, 6.45) is 5.31. The Bertz CT molecular complexity index is 1110. The summed E-state index contributed by atoms with van der Waals surface area (Å²) >= 11 is 0. The highest BCUT2D eigenvalue weighted by Crippen LogP contribution is 2.30. The molecule has 0 spiro atoms. The molecule has 3 aromatic rings. The topological polar surface area (TPSA) is 111 Å². The molecule has 3 aromatic heterocycles. The number of rotatable bonds is 4. The number of hydrogen-bond donors (Lipinski definition) is 1. The van der Waals surface area contributed by atoms with E-state index in [2.05, 4.69) is 25.4 Å². The first-order valence-electron chi connectivity index (χ1n) is 10.1. The lowest BCUT2D eigenvalue weighted by molar-refractivity contribution is -0.117. The fourth-order valence-electron chi connectivity index (χ4n) is 3.78. The van der Waals surface area contributed by atoms with E-state index in [0.717, 1.165) is 30.7 Å². The van der Waals surface area contributed by atoms with Crippen molar-refractivity contribution in [1.29, 1.82) is 0 Å². The van der Waals surface area contributed by atoms with E-state index in [4.69, 9.17) is 9.72 Å². The van der Waals surface area contributed by atoms with Crippen molar-refractivity contribution < 1.29 is 9.53 Å². The third kappa shape index (κ3) is 3.18. The number of hydrogen-bond acceptors (Lipinski definition) is 8. The van der Waals surface area contributed by atoms with Crippen molar-refractivity contribution in [3.8, 4) is 22.8 Å². The molecule has 30 heavy (non-hydrogen) atoms. The van der Waals surface area contributed by atoms with Crippen molar-refractivity contribution in [3.05, 3.63) is 30.4 Å². The standard InChI is InChI=1S/C20H22N8O2/c1-3-27-16(29)10-22-19-20(27)25-15(9-21-19)13-6-7-14(24-12(13)2)18-23-11-28(26-18)17-5-4-8-30-17/h6-7,9,11,17H,3-5,8,10H2,1-2H3,(H,21,22). The van der Waals surface area contributed by atoms with E-state index in [1.807, 2.05) is 26.0 Å². The van der Waals surface area contributed by atoms with Gasteiger partial charge in [0.2, 0.25) is 5.91 Å². The Kier molecular flexibility index (Phi) is 4.62. The van der Waals surface area contributed by atoms with Crippen LogP contribution in [0.3, 0.4) is 0 Å². The van der Waals surface area contributed by atoms with Gasteiger partial charge in [-0.3, -0.25) is 9.69 Å². The molecule has 1 atom stereocenters. The van der Waals surface area contributed by atoms with Crippen LogP contribution in [-0.4, -0.2) is 55.3 Å². The minimum Gasteiger partial charge on any atom is -0.358 e. The third-order valence-electron chi connectivity index (χ3n) is 5.33. The fraction of sp³-hybridized carbons (Fsp3) is 0.400. The lowest BCUT2D eigenvalue weighted by Gasteiger charge is -2.27. The number of carbonyl (C=O) groups excluding carboxylic acids is 1. The Morgan fingerprint density at radius 2 is 2.13 bits per heavy atom. The number of aryl methyl sites for hydroxylation is 1. The largest absolute Gasteiger partial charge is 0.358 e. The molecule has 0 aliphatic carbocycles. The number of ether oxygens (including phenoxy) is 1. The van der Waals surface area contributed by atoms with Crippen LogP contribution in [0.2, 0.25) is 0 Å². The van der Waals surface area contributed by atoms with Crippen LogP contribution in [0.1, 0.15) is 31.7 Å². The van der Waals surface area contributed by atoms with Crippen LogP contribution in [0.15, 0.2) is 24.7 Å². The summed E-state index contributed by atoms with van der Waals surface area (Å²) in [5.74, 6) is 1.70. The summed E-state index contributed by atoms with van der Waals surface area (Å²) in [5.41, 5.74) is 2.99. The first-order chi connectivity index (χ1) is 14.6. The van der Waals surface area contributed by atoms with Crippen LogP contribution < -0.4 is 10.2 Å². The van der Waals surface area contributed by atoms with Gasteiger partial charge in [0.1, 0.15) is 12.0 Å². The molecule has 0 radical (unpaired) electrons. The van der Waals surface area contributed by atoms with E-state index in [0.29, 0.717) is 35.4 Å². The molecule has 2 aliphatic rings. The highest BCUT2D eigenvalue weighted by atomic mass is 16.5. The Balaban J connectivity index is 1.46. The van der Waals surface area contributed by atoms with Crippen LogP contribution in [0.25, 0.3) is 22.8 Å². The maximum atomic E-state index is 12.2. The monoisotopic (exact) mass is 406 g/mol. The fourth-order valence-corrected chi connectivity index (χ4v) is 3.78. The first-order valence-corrected chi connectivity index (χ1v) is 10.1. The first kappa shape index (κ1) is 18.6. The Morgan fingerprint density at radius 3 is 2.90 bits per heavy atom. The van der Waals surface area contributed by atoms with Crippen molar-refractivity contribution in [3.63, 3.8) is 0 Å². The van der Waals surface area contributed by atoms with Crippen molar-refractivity contribution in [1.82, 2.24) is 29.7 Å². The van der Waals surface area contributed by atoms with Gasteiger partial charge in [0.25, 0.3) is 0 Å². The Labute approximate surface area is 173 Å². The second-order valence-electron chi connectivity index (χ2n) is 7.26. The molecule has 5 rings (SSSR count). The Hall–Kier alpha value is -3.40. The molecule has 1 amide bonds. The van der Waals surface area contributed by atoms with Gasteiger partial charge in [-0.1, -0.05) is 0 Å². The van der Waals surface area contributed by atoms with Gasteiger partial charge in [0, 0.05) is 24.4 Å². The van der Waals surface area contributed by atoms with Crippen LogP contribution in [-0.2, 0) is 9.53 Å². The summed E-state index contributed by atoms with van der Waals surface area (Å²) in [6.45, 7) is 5.37. The van der Waals surface area contributed by atoms with E-state index in [1.54, 1.807) is 22.1 Å². The van der Waals surface area contributed by atoms with Crippen LogP contribution >= 0.6 is 0 Å². The van der Waals surface area contributed by atoms with E-state index in [1.165, 1.54) is 0 Å². The molecule has 1 fully saturated rings. The lowest BCUT2D eigenvalue weighted by atomic mass is 10.1. The number of nitrogens with zero attached hydrogens (tertiary/aromatic N) is 7. The summed E-state index contributed by atoms with van der Waals surface area (Å²) in [4.78, 5) is 32.0. The van der Waals surface area contributed by atoms with Gasteiger partial charge in [-0.2, -0.15) is 0 Å². The number of aromatic nitrogens is 6. The second-order valence-corrected chi connectivity index (χ2v) is 7.26. The lowest BCUT2D eigenvalue weighted by Crippen LogP contribution is -2.40. The number of carbonyl (C=O) groups is 1. The summed E-state index contributed by atoms with van der Waals surface area (Å²) < 4.78 is 7.41. The smallest absolute Gasteiger partial charge is 0.247 e. The minimum atomic E-state index is -0.0461. The summed E-state index contributed by atoms with van der Waals surface area (Å²) in [5, 5.41) is 7.55. The van der Waals surface area contributed by atoms with Crippen molar-refractivity contribution in [2.24, 2.45) is 0 Å². The molecule has 2 aliphatic heterocycles. The van der Waals surface area contributed by atoms with Gasteiger partial charge in [-0.05, 0) is 38.8 Å². The molecule has 1 saturated heterocycles. The van der Waals surface area contributed by atoms with E-state index in [-0.39, 0.29) is 18.7 Å². The zero-order valence-electron chi connectivity index (χ0n) is 16.9. The zero-order chi connectivity index (χ0) is 20.7. The highest BCUT2D eigenvalue weighted by Gasteiger charge is 2.26. The average Bonchev–Trinajstić information content (AvgIpc) is 3.45. The maximum absolute atomic E-state index is 12.2. The van der Waals surface area contributed by atoms with Crippen molar-refractivity contribution in [2.75, 3.05) is 29.9 Å². The predicted molar refractivity (Wildman–Crippen MR) is 110 cm³/mol. The quantitative estimate of drug-likeness (QED) is 0.702. The van der Waals surface area contributed by atoms with Gasteiger partial charge >= 0.3 is 0 Å². The zero-order valence-corrected chi connectivity index (χ0v) is 16.9. The second kappa shape index (κ2) is 7.45. The van der Waals surface area contributed by atoms with E-state index < -0.39 is 0 Å². The van der Waals surface area contributed by atoms with Crippen LogP contribution in [0, 0.1) is 6.92 Å². The molecule has 154 valence electrons. The number of amides is 1. The number of anilines is 2. The summed E-state index contributed by atoms with van der Waals surface area (Å²) in [7, 11) is 0. The van der Waals surface area contributed by atoms with Gasteiger partial charge in [0.15, 0.2) is 23.7 Å². The number of nitrogens with one attached hydrogen (secondary N) is 1. The van der Waals surface area contributed by atoms with E-state index >= 15 is 0 Å². The molecule has 0 bridgehead atoms. The van der Waals surface area contributed by atoms with Crippen LogP contribution in [0.4, 0.5) is 11.6 Å². The number of likely N-dealkylation sites (N-methyl/N-ethyl adjacent to an activating group) is 1. The number of pyridine rings is 1. The van der Waals surface area contributed by atoms with E-state index in [9.17, 15) is 4.79 Å². The normalized spacial score (nSPS) is 18.4. The van der Waals surface area contributed by atoms with Gasteiger partial charge in [-0.25, -0.2) is 24.6 Å². The molecule has 0 aromatic carbocycles. The molecule has 5 heterocycles. The molecule has 10 heteroatoms. The maximum Gasteiger partial charge on any atom is 0.247 e. The minimum absolute atomic E-state index is 0.0189. The highest BCUT2D eigenvalue weighted by molar-refractivity contribution is 6.00. The summed E-state index contributed by atoms with van der Waals surface area (Å²) in [6, 6.07) is 3.81. The molecular formula is C20H22N8O2. The van der Waals surface area contributed by atoms with Gasteiger partial charge < -0.3 is 10.1 Å². The third-order valence-corrected chi connectivity index (χ3v) is 5.33. The Morgan fingerprint density at radius 1 is 1.23 bits per heavy atom. The van der Waals surface area contributed by atoms with Gasteiger partial charge in [0.05, 0.1) is 18.4 Å². The predicted octanol–water partition coefficient (Wildman–Crippen LogP) is 2.19.